The van der Waals surface area contributed by atoms with Crippen LogP contribution in [0.15, 0.2) is 70.4 Å². The number of hydrogen-bond donors (Lipinski definition) is 1. The molecule has 0 atom stereocenters. The molecule has 0 bridgehead atoms. The second kappa shape index (κ2) is 7.55. The number of aryl methyl sites for hydroxylation is 1. The van der Waals surface area contributed by atoms with Gasteiger partial charge in [-0.1, -0.05) is 49.4 Å². The maximum absolute atomic E-state index is 12.8. The van der Waals surface area contributed by atoms with Gasteiger partial charge in [0.1, 0.15) is 0 Å². The zero-order valence-corrected chi connectivity index (χ0v) is 17.8. The minimum absolute atomic E-state index is 0.189. The first-order valence-corrected chi connectivity index (χ1v) is 11.0. The summed E-state index contributed by atoms with van der Waals surface area (Å²) >= 11 is 0. The highest BCUT2D eigenvalue weighted by Crippen LogP contribution is 2.29. The molecule has 0 saturated carbocycles. The number of benzene rings is 2. The zero-order chi connectivity index (χ0) is 21.5. The number of rotatable bonds is 5. The number of hydrogen-bond acceptors (Lipinski definition) is 4. The van der Waals surface area contributed by atoms with Crippen LogP contribution < -0.4 is 5.56 Å². The van der Waals surface area contributed by atoms with Gasteiger partial charge in [0.2, 0.25) is 10.0 Å². The van der Waals surface area contributed by atoms with Crippen molar-refractivity contribution in [1.82, 2.24) is 18.9 Å². The zero-order valence-electron chi connectivity index (χ0n) is 17.0. The van der Waals surface area contributed by atoms with Crippen molar-refractivity contribution >= 4 is 15.7 Å². The Labute approximate surface area is 174 Å². The molecule has 154 valence electrons. The van der Waals surface area contributed by atoms with Crippen LogP contribution in [0.5, 0.6) is 0 Å². The SMILES string of the molecule is CCc1[nH]n2c(=O)cc(-c3ccc(S(=O)(=O)N(C)C)cc3)nc2c1-c1ccccc1. The molecule has 4 rings (SSSR count). The van der Waals surface area contributed by atoms with Crippen molar-refractivity contribution in [3.05, 3.63) is 76.7 Å². The summed E-state index contributed by atoms with van der Waals surface area (Å²) in [6.45, 7) is 2.02. The molecule has 0 fully saturated rings. The maximum atomic E-state index is 12.8. The first kappa shape index (κ1) is 20.1. The Kier molecular flexibility index (Phi) is 5.05. The largest absolute Gasteiger partial charge is 0.293 e. The molecule has 0 aliphatic rings. The van der Waals surface area contributed by atoms with E-state index >= 15 is 0 Å². The molecule has 0 radical (unpaired) electrons. The number of aromatic nitrogens is 3. The molecule has 30 heavy (non-hydrogen) atoms. The monoisotopic (exact) mass is 422 g/mol. The molecule has 0 amide bonds. The van der Waals surface area contributed by atoms with E-state index in [0.29, 0.717) is 16.9 Å². The average molecular weight is 423 g/mol. The van der Waals surface area contributed by atoms with Gasteiger partial charge in [0.25, 0.3) is 5.56 Å². The van der Waals surface area contributed by atoms with Crippen LogP contribution in [0.3, 0.4) is 0 Å². The van der Waals surface area contributed by atoms with Crippen molar-refractivity contribution < 1.29 is 8.42 Å². The quantitative estimate of drug-likeness (QED) is 0.535. The molecule has 0 spiro atoms. The first-order valence-electron chi connectivity index (χ1n) is 9.56. The lowest BCUT2D eigenvalue weighted by molar-refractivity contribution is 0.521. The Bertz CT molecular complexity index is 1370. The van der Waals surface area contributed by atoms with E-state index in [-0.39, 0.29) is 10.5 Å². The number of aromatic amines is 1. The molecule has 4 aromatic rings. The molecule has 0 aliphatic heterocycles. The van der Waals surface area contributed by atoms with Gasteiger partial charge in [-0.15, -0.1) is 0 Å². The molecule has 0 saturated heterocycles. The van der Waals surface area contributed by atoms with E-state index in [1.54, 1.807) is 12.1 Å². The Morgan fingerprint density at radius 1 is 1.00 bits per heavy atom. The van der Waals surface area contributed by atoms with Gasteiger partial charge < -0.3 is 0 Å². The molecule has 2 aromatic carbocycles. The fourth-order valence-electron chi connectivity index (χ4n) is 3.40. The lowest BCUT2D eigenvalue weighted by Gasteiger charge is -2.11. The summed E-state index contributed by atoms with van der Waals surface area (Å²) in [7, 11) is -0.543. The van der Waals surface area contributed by atoms with Gasteiger partial charge >= 0.3 is 0 Å². The molecular weight excluding hydrogens is 400 g/mol. The lowest BCUT2D eigenvalue weighted by Crippen LogP contribution is -2.22. The molecule has 2 heterocycles. The van der Waals surface area contributed by atoms with Crippen LogP contribution in [0.25, 0.3) is 28.0 Å². The van der Waals surface area contributed by atoms with Crippen LogP contribution in [-0.2, 0) is 16.4 Å². The van der Waals surface area contributed by atoms with E-state index in [0.717, 1.165) is 27.5 Å². The van der Waals surface area contributed by atoms with E-state index in [1.165, 1.54) is 36.8 Å². The van der Waals surface area contributed by atoms with E-state index in [2.05, 4.69) is 5.10 Å². The molecule has 8 heteroatoms. The Hall–Kier alpha value is -3.23. The van der Waals surface area contributed by atoms with E-state index in [1.807, 2.05) is 37.3 Å². The van der Waals surface area contributed by atoms with Crippen LogP contribution in [0.1, 0.15) is 12.6 Å². The summed E-state index contributed by atoms with van der Waals surface area (Å²) in [6, 6.07) is 17.7. The minimum Gasteiger partial charge on any atom is -0.293 e. The standard InChI is InChI=1S/C22H22N4O3S/c1-4-18-21(16-8-6-5-7-9-16)22-23-19(14-20(27)26(22)24-18)15-10-12-17(13-11-15)30(28,29)25(2)3/h5-14,24H,4H2,1-3H3. The molecular formula is C22H22N4O3S. The second-order valence-electron chi connectivity index (χ2n) is 7.14. The van der Waals surface area contributed by atoms with Crippen LogP contribution in [0.2, 0.25) is 0 Å². The minimum atomic E-state index is -3.52. The number of nitrogens with zero attached hydrogens (tertiary/aromatic N) is 3. The van der Waals surface area contributed by atoms with Crippen molar-refractivity contribution in [3.8, 4) is 22.4 Å². The topological polar surface area (TPSA) is 87.5 Å². The molecule has 0 aliphatic carbocycles. The normalized spacial score (nSPS) is 12.0. The van der Waals surface area contributed by atoms with Crippen molar-refractivity contribution in [2.75, 3.05) is 14.1 Å². The summed E-state index contributed by atoms with van der Waals surface area (Å²) in [6.07, 6.45) is 0.722. The fourth-order valence-corrected chi connectivity index (χ4v) is 4.31. The Balaban J connectivity index is 1.89. The highest BCUT2D eigenvalue weighted by atomic mass is 32.2. The van der Waals surface area contributed by atoms with E-state index in [4.69, 9.17) is 4.98 Å². The highest BCUT2D eigenvalue weighted by molar-refractivity contribution is 7.89. The third-order valence-corrected chi connectivity index (χ3v) is 6.86. The van der Waals surface area contributed by atoms with Gasteiger partial charge in [0.15, 0.2) is 5.65 Å². The summed E-state index contributed by atoms with van der Waals surface area (Å²) in [5.74, 6) is 0. The molecule has 7 nitrogen and oxygen atoms in total. The highest BCUT2D eigenvalue weighted by Gasteiger charge is 2.19. The fraction of sp³-hybridized carbons (Fsp3) is 0.182. The van der Waals surface area contributed by atoms with Crippen LogP contribution >= 0.6 is 0 Å². The summed E-state index contributed by atoms with van der Waals surface area (Å²) in [5.41, 5.74) is 4.28. The number of nitrogens with one attached hydrogen (secondary N) is 1. The second-order valence-corrected chi connectivity index (χ2v) is 9.29. The van der Waals surface area contributed by atoms with Crippen molar-refractivity contribution in [1.29, 1.82) is 0 Å². The predicted molar refractivity (Wildman–Crippen MR) is 117 cm³/mol. The Morgan fingerprint density at radius 2 is 1.67 bits per heavy atom. The van der Waals surface area contributed by atoms with Gasteiger partial charge in [-0.25, -0.2) is 22.2 Å². The number of H-pyrrole nitrogens is 1. The number of sulfonamides is 1. The van der Waals surface area contributed by atoms with E-state index in [9.17, 15) is 13.2 Å². The average Bonchev–Trinajstić information content (AvgIpc) is 3.13. The third kappa shape index (κ3) is 3.34. The smallest absolute Gasteiger partial charge is 0.273 e. The number of fused-ring (bicyclic) bond motifs is 1. The van der Waals surface area contributed by atoms with Crippen LogP contribution in [0, 0.1) is 0 Å². The summed E-state index contributed by atoms with van der Waals surface area (Å²) < 4.78 is 27.2. The summed E-state index contributed by atoms with van der Waals surface area (Å²) in [4.78, 5) is 17.7. The van der Waals surface area contributed by atoms with Gasteiger partial charge in [-0.05, 0) is 24.1 Å². The van der Waals surface area contributed by atoms with Crippen molar-refractivity contribution in [2.24, 2.45) is 0 Å². The first-order chi connectivity index (χ1) is 14.3. The van der Waals surface area contributed by atoms with Crippen LogP contribution in [0.4, 0.5) is 0 Å². The molecule has 2 aromatic heterocycles. The van der Waals surface area contributed by atoms with Crippen molar-refractivity contribution in [3.63, 3.8) is 0 Å². The maximum Gasteiger partial charge on any atom is 0.273 e. The van der Waals surface area contributed by atoms with Crippen molar-refractivity contribution in [2.45, 2.75) is 18.2 Å². The van der Waals surface area contributed by atoms with Gasteiger partial charge in [0, 0.05) is 37.0 Å². The van der Waals surface area contributed by atoms with Gasteiger partial charge in [-0.2, -0.15) is 0 Å². The van der Waals surface area contributed by atoms with Gasteiger partial charge in [-0.3, -0.25) is 9.89 Å². The van der Waals surface area contributed by atoms with E-state index < -0.39 is 10.0 Å². The molecule has 0 unspecified atom stereocenters. The Morgan fingerprint density at radius 3 is 2.27 bits per heavy atom. The van der Waals surface area contributed by atoms with Gasteiger partial charge in [0.05, 0.1) is 10.6 Å². The van der Waals surface area contributed by atoms with Crippen LogP contribution in [-0.4, -0.2) is 41.4 Å². The summed E-state index contributed by atoms with van der Waals surface area (Å²) in [5, 5.41) is 3.16. The lowest BCUT2D eigenvalue weighted by atomic mass is 10.0. The third-order valence-electron chi connectivity index (χ3n) is 5.04. The predicted octanol–water partition coefficient (Wildman–Crippen LogP) is 3.17. The molecule has 1 N–H and O–H groups in total.